The Morgan fingerprint density at radius 2 is 2.10 bits per heavy atom. The van der Waals surface area contributed by atoms with E-state index in [2.05, 4.69) is 16.5 Å². The van der Waals surface area contributed by atoms with Crippen LogP contribution in [-0.2, 0) is 10.0 Å². The molecule has 1 aromatic rings. The molecule has 2 atom stereocenters. The molecule has 1 aliphatic rings. The summed E-state index contributed by atoms with van der Waals surface area (Å²) in [5, 5.41) is 0. The normalized spacial score (nSPS) is 22.1. The fraction of sp³-hybridized carbons (Fsp3) is 0.600. The van der Waals surface area contributed by atoms with Crippen LogP contribution in [0.3, 0.4) is 0 Å². The molecule has 118 valence electrons. The van der Waals surface area contributed by atoms with Gasteiger partial charge in [0, 0.05) is 18.6 Å². The molecule has 4 nitrogen and oxygen atoms in total. The molecule has 1 N–H and O–H groups in total. The third-order valence-electron chi connectivity index (χ3n) is 4.12. The highest BCUT2D eigenvalue weighted by molar-refractivity contribution is 7.89. The van der Waals surface area contributed by atoms with Crippen LogP contribution >= 0.6 is 0 Å². The third kappa shape index (κ3) is 4.02. The number of benzene rings is 1. The average molecular weight is 314 g/mol. The topological polar surface area (TPSA) is 49.4 Å². The van der Waals surface area contributed by atoms with E-state index in [1.54, 1.807) is 0 Å². The summed E-state index contributed by atoms with van der Waals surface area (Å²) >= 11 is 0. The largest absolute Gasteiger partial charge is 0.297 e. The number of hydrogen-bond acceptors (Lipinski definition) is 3. The predicted molar refractivity (Wildman–Crippen MR) is 81.1 cm³/mol. The molecular weight excluding hydrogens is 291 g/mol. The van der Waals surface area contributed by atoms with Crippen LogP contribution in [-0.4, -0.2) is 38.5 Å². The molecule has 6 heteroatoms. The van der Waals surface area contributed by atoms with E-state index >= 15 is 0 Å². The summed E-state index contributed by atoms with van der Waals surface area (Å²) in [6.45, 7) is 5.46. The van der Waals surface area contributed by atoms with Crippen LogP contribution in [0.25, 0.3) is 0 Å². The standard InChI is InChI=1S/C15H23FN2O2S/c1-12-7-5-6-10-18(12)13(2)11-17-21(19,20)15-9-4-3-8-14(15)16/h3-4,8-9,12-13,17H,5-7,10-11H2,1-2H3/t12-,13-/m1/s1. The van der Waals surface area contributed by atoms with Gasteiger partial charge in [-0.05, 0) is 45.4 Å². The first-order valence-electron chi connectivity index (χ1n) is 7.42. The van der Waals surface area contributed by atoms with Gasteiger partial charge in [0.2, 0.25) is 10.0 Å². The van der Waals surface area contributed by atoms with Gasteiger partial charge < -0.3 is 0 Å². The van der Waals surface area contributed by atoms with Crippen LogP contribution in [0, 0.1) is 5.82 Å². The molecule has 0 saturated carbocycles. The summed E-state index contributed by atoms with van der Waals surface area (Å²) in [4.78, 5) is 2.02. The number of rotatable bonds is 5. The lowest BCUT2D eigenvalue weighted by molar-refractivity contribution is 0.116. The molecule has 2 rings (SSSR count). The van der Waals surface area contributed by atoms with Gasteiger partial charge in [0.05, 0.1) is 0 Å². The second-order valence-electron chi connectivity index (χ2n) is 5.71. The van der Waals surface area contributed by atoms with Crippen molar-refractivity contribution in [2.75, 3.05) is 13.1 Å². The van der Waals surface area contributed by atoms with Gasteiger partial charge in [-0.3, -0.25) is 4.90 Å². The van der Waals surface area contributed by atoms with Gasteiger partial charge in [-0.2, -0.15) is 0 Å². The van der Waals surface area contributed by atoms with E-state index in [1.165, 1.54) is 24.6 Å². The van der Waals surface area contributed by atoms with Crippen LogP contribution in [0.4, 0.5) is 4.39 Å². The molecule has 0 spiro atoms. The number of piperidine rings is 1. The maximum absolute atomic E-state index is 13.6. The van der Waals surface area contributed by atoms with Crippen LogP contribution in [0.5, 0.6) is 0 Å². The zero-order valence-corrected chi connectivity index (χ0v) is 13.4. The van der Waals surface area contributed by atoms with Crippen LogP contribution in [0.2, 0.25) is 0 Å². The Bertz CT molecular complexity index is 577. The van der Waals surface area contributed by atoms with Crippen molar-refractivity contribution >= 4 is 10.0 Å². The SMILES string of the molecule is C[C@@H]1CCCCN1[C@H](C)CNS(=O)(=O)c1ccccc1F. The Kier molecular flexibility index (Phi) is 5.35. The minimum atomic E-state index is -3.79. The number of sulfonamides is 1. The molecule has 1 heterocycles. The minimum Gasteiger partial charge on any atom is -0.297 e. The summed E-state index contributed by atoms with van der Waals surface area (Å²) in [5.74, 6) is -0.719. The van der Waals surface area contributed by atoms with Crippen molar-refractivity contribution in [3.8, 4) is 0 Å². The first-order valence-corrected chi connectivity index (χ1v) is 8.90. The maximum atomic E-state index is 13.6. The van der Waals surface area contributed by atoms with Crippen molar-refractivity contribution < 1.29 is 12.8 Å². The molecule has 21 heavy (non-hydrogen) atoms. The molecule has 1 aliphatic heterocycles. The molecule has 0 aromatic heterocycles. The lowest BCUT2D eigenvalue weighted by atomic mass is 10.0. The predicted octanol–water partition coefficient (Wildman–Crippen LogP) is 2.37. The van der Waals surface area contributed by atoms with Crippen LogP contribution < -0.4 is 4.72 Å². The number of hydrogen-bond donors (Lipinski definition) is 1. The Morgan fingerprint density at radius 1 is 1.38 bits per heavy atom. The first kappa shape index (κ1) is 16.4. The van der Waals surface area contributed by atoms with E-state index in [0.717, 1.165) is 25.5 Å². The highest BCUT2D eigenvalue weighted by Gasteiger charge is 2.25. The van der Waals surface area contributed by atoms with Crippen molar-refractivity contribution in [3.63, 3.8) is 0 Å². The van der Waals surface area contributed by atoms with Gasteiger partial charge in [0.15, 0.2) is 0 Å². The third-order valence-corrected chi connectivity index (χ3v) is 5.57. The van der Waals surface area contributed by atoms with Crippen molar-refractivity contribution in [2.24, 2.45) is 0 Å². The Morgan fingerprint density at radius 3 is 2.76 bits per heavy atom. The van der Waals surface area contributed by atoms with Crippen molar-refractivity contribution in [2.45, 2.75) is 50.1 Å². The van der Waals surface area contributed by atoms with Gasteiger partial charge in [-0.25, -0.2) is 17.5 Å². The Hall–Kier alpha value is -0.980. The van der Waals surface area contributed by atoms with Crippen molar-refractivity contribution in [1.82, 2.24) is 9.62 Å². The van der Waals surface area contributed by atoms with Crippen LogP contribution in [0.1, 0.15) is 33.1 Å². The molecule has 0 unspecified atom stereocenters. The second-order valence-corrected chi connectivity index (χ2v) is 7.45. The minimum absolute atomic E-state index is 0.0989. The van der Waals surface area contributed by atoms with Crippen molar-refractivity contribution in [1.29, 1.82) is 0 Å². The lowest BCUT2D eigenvalue weighted by Gasteiger charge is -2.38. The van der Waals surface area contributed by atoms with E-state index in [4.69, 9.17) is 0 Å². The van der Waals surface area contributed by atoms with Gasteiger partial charge in [0.1, 0.15) is 10.7 Å². The number of likely N-dealkylation sites (tertiary alicyclic amines) is 1. The average Bonchev–Trinajstić information content (AvgIpc) is 2.45. The van der Waals surface area contributed by atoms with Gasteiger partial charge >= 0.3 is 0 Å². The molecule has 0 aliphatic carbocycles. The number of nitrogens with zero attached hydrogens (tertiary/aromatic N) is 1. The van der Waals surface area contributed by atoms with E-state index in [1.807, 2.05) is 6.92 Å². The van der Waals surface area contributed by atoms with Gasteiger partial charge in [0.25, 0.3) is 0 Å². The highest BCUT2D eigenvalue weighted by atomic mass is 32.2. The van der Waals surface area contributed by atoms with Crippen LogP contribution in [0.15, 0.2) is 29.2 Å². The van der Waals surface area contributed by atoms with E-state index in [9.17, 15) is 12.8 Å². The number of halogens is 1. The molecule has 1 saturated heterocycles. The van der Waals surface area contributed by atoms with E-state index < -0.39 is 15.8 Å². The zero-order valence-electron chi connectivity index (χ0n) is 12.5. The molecule has 0 radical (unpaired) electrons. The second kappa shape index (κ2) is 6.85. The Labute approximate surface area is 126 Å². The molecule has 1 aromatic carbocycles. The number of nitrogens with one attached hydrogen (secondary N) is 1. The quantitative estimate of drug-likeness (QED) is 0.908. The molecular formula is C15H23FN2O2S. The fourth-order valence-corrected chi connectivity index (χ4v) is 4.06. The molecule has 1 fully saturated rings. The van der Waals surface area contributed by atoms with E-state index in [-0.39, 0.29) is 10.9 Å². The summed E-state index contributed by atoms with van der Waals surface area (Å²) in [6.07, 6.45) is 3.52. The zero-order chi connectivity index (χ0) is 15.5. The first-order chi connectivity index (χ1) is 9.92. The summed E-state index contributed by atoms with van der Waals surface area (Å²) in [6, 6.07) is 6.00. The smallest absolute Gasteiger partial charge is 0.243 e. The van der Waals surface area contributed by atoms with Crippen molar-refractivity contribution in [3.05, 3.63) is 30.1 Å². The Balaban J connectivity index is 2.00. The summed E-state index contributed by atoms with van der Waals surface area (Å²) in [5.41, 5.74) is 0. The van der Waals surface area contributed by atoms with Gasteiger partial charge in [-0.1, -0.05) is 18.6 Å². The lowest BCUT2D eigenvalue weighted by Crippen LogP contribution is -2.48. The summed E-state index contributed by atoms with van der Waals surface area (Å²) in [7, 11) is -3.79. The van der Waals surface area contributed by atoms with Gasteiger partial charge in [-0.15, -0.1) is 0 Å². The summed E-state index contributed by atoms with van der Waals surface area (Å²) < 4.78 is 40.4. The highest BCUT2D eigenvalue weighted by Crippen LogP contribution is 2.19. The molecule has 0 bridgehead atoms. The molecule has 0 amide bonds. The monoisotopic (exact) mass is 314 g/mol. The van der Waals surface area contributed by atoms with E-state index in [0.29, 0.717) is 12.6 Å². The fourth-order valence-electron chi connectivity index (χ4n) is 2.86. The maximum Gasteiger partial charge on any atom is 0.243 e.